The number of anilines is 1. The van der Waals surface area contributed by atoms with Gasteiger partial charge in [0.25, 0.3) is 0 Å². The third-order valence-corrected chi connectivity index (χ3v) is 6.10. The summed E-state index contributed by atoms with van der Waals surface area (Å²) in [5.41, 5.74) is 4.64. The van der Waals surface area contributed by atoms with Gasteiger partial charge in [-0.15, -0.1) is 5.10 Å². The van der Waals surface area contributed by atoms with Crippen LogP contribution in [0.25, 0.3) is 11.3 Å². The maximum atomic E-state index is 13.6. The summed E-state index contributed by atoms with van der Waals surface area (Å²) in [6, 6.07) is 3.61. The molecule has 1 aromatic carbocycles. The standard InChI is InChI=1S/C19H18F3N5O4S/c20-10-3-8(4-11(21)15(10)22)12-6-27(26-25-12)16-17(29)13(7-28)31-19(18(16)30)32-9-1-2-24-14(23)5-9/h1-6,13,16-19,28-30H,7H2,(H2,23,24)/t13?,16?,17-,18-,19+/m0/s1. The number of nitrogen functional groups attached to an aromatic ring is 1. The second-order valence-electron chi connectivity index (χ2n) is 7.07. The van der Waals surface area contributed by atoms with E-state index in [1.165, 1.54) is 12.4 Å². The van der Waals surface area contributed by atoms with Crippen LogP contribution in [-0.4, -0.2) is 65.7 Å². The number of ether oxygens (including phenoxy) is 1. The van der Waals surface area contributed by atoms with Crippen LogP contribution >= 0.6 is 11.8 Å². The van der Waals surface area contributed by atoms with Crippen molar-refractivity contribution in [2.75, 3.05) is 12.3 Å². The van der Waals surface area contributed by atoms with Gasteiger partial charge in [0.05, 0.1) is 12.8 Å². The van der Waals surface area contributed by atoms with Crippen molar-refractivity contribution < 1.29 is 33.2 Å². The normalized spacial score (nSPS) is 25.8. The number of rotatable bonds is 5. The summed E-state index contributed by atoms with van der Waals surface area (Å²) in [6.45, 7) is -0.546. The number of thioether (sulfide) groups is 1. The molecule has 2 aromatic heterocycles. The van der Waals surface area contributed by atoms with Gasteiger partial charge >= 0.3 is 0 Å². The maximum absolute atomic E-state index is 13.6. The number of nitrogens with two attached hydrogens (primary N) is 1. The number of halogens is 3. The minimum Gasteiger partial charge on any atom is -0.394 e. The highest BCUT2D eigenvalue weighted by Gasteiger charge is 2.46. The molecule has 1 saturated heterocycles. The van der Waals surface area contributed by atoms with E-state index in [2.05, 4.69) is 15.3 Å². The molecule has 3 heterocycles. The van der Waals surface area contributed by atoms with Crippen LogP contribution in [0.1, 0.15) is 6.04 Å². The van der Waals surface area contributed by atoms with Crippen molar-refractivity contribution in [2.24, 2.45) is 0 Å². The van der Waals surface area contributed by atoms with Gasteiger partial charge in [-0.2, -0.15) is 0 Å². The molecule has 5 atom stereocenters. The minimum absolute atomic E-state index is 0.0136. The van der Waals surface area contributed by atoms with E-state index >= 15 is 0 Å². The second-order valence-corrected chi connectivity index (χ2v) is 8.24. The van der Waals surface area contributed by atoms with E-state index in [0.717, 1.165) is 28.6 Å². The molecule has 13 heteroatoms. The highest BCUT2D eigenvalue weighted by atomic mass is 32.2. The molecule has 1 fully saturated rings. The van der Waals surface area contributed by atoms with Gasteiger partial charge in [0.2, 0.25) is 0 Å². The van der Waals surface area contributed by atoms with Crippen molar-refractivity contribution in [2.45, 2.75) is 34.7 Å². The summed E-state index contributed by atoms with van der Waals surface area (Å²) in [5, 5.41) is 38.9. The van der Waals surface area contributed by atoms with E-state index in [-0.39, 0.29) is 17.1 Å². The van der Waals surface area contributed by atoms with Crippen molar-refractivity contribution in [3.05, 3.63) is 54.1 Å². The predicted molar refractivity (Wildman–Crippen MR) is 107 cm³/mol. The maximum Gasteiger partial charge on any atom is 0.194 e. The summed E-state index contributed by atoms with van der Waals surface area (Å²) in [7, 11) is 0. The van der Waals surface area contributed by atoms with E-state index in [1.54, 1.807) is 12.1 Å². The van der Waals surface area contributed by atoms with Crippen molar-refractivity contribution in [3.8, 4) is 11.3 Å². The van der Waals surface area contributed by atoms with E-state index in [4.69, 9.17) is 10.5 Å². The molecule has 32 heavy (non-hydrogen) atoms. The highest BCUT2D eigenvalue weighted by molar-refractivity contribution is 7.99. The summed E-state index contributed by atoms with van der Waals surface area (Å²) in [6.07, 6.45) is -1.05. The SMILES string of the molecule is Nc1cc(S[C@H]2OC(CO)[C@H](O)C(n3cc(-c4cc(F)c(F)c(F)c4)nn3)[C@@H]2O)ccn1. The fraction of sp³-hybridized carbons (Fsp3) is 0.316. The van der Waals surface area contributed by atoms with Gasteiger partial charge in [0.1, 0.15) is 41.3 Å². The number of nitrogens with zero attached hydrogens (tertiary/aromatic N) is 4. The Morgan fingerprint density at radius 3 is 2.50 bits per heavy atom. The van der Waals surface area contributed by atoms with E-state index < -0.39 is 53.8 Å². The van der Waals surface area contributed by atoms with Crippen LogP contribution in [0.5, 0.6) is 0 Å². The first-order chi connectivity index (χ1) is 15.3. The molecule has 0 radical (unpaired) electrons. The van der Waals surface area contributed by atoms with Gasteiger partial charge in [-0.3, -0.25) is 0 Å². The van der Waals surface area contributed by atoms with Crippen LogP contribution in [0, 0.1) is 17.5 Å². The molecule has 9 nitrogen and oxygen atoms in total. The van der Waals surface area contributed by atoms with Crippen LogP contribution in [0.2, 0.25) is 0 Å². The first-order valence-electron chi connectivity index (χ1n) is 9.36. The lowest BCUT2D eigenvalue weighted by atomic mass is 9.97. The number of aliphatic hydroxyl groups is 3. The molecule has 1 aliphatic rings. The largest absolute Gasteiger partial charge is 0.394 e. The molecule has 5 N–H and O–H groups in total. The molecule has 170 valence electrons. The Morgan fingerprint density at radius 2 is 1.84 bits per heavy atom. The zero-order valence-electron chi connectivity index (χ0n) is 16.2. The summed E-state index contributed by atoms with van der Waals surface area (Å²) in [5.74, 6) is -4.14. The average Bonchev–Trinajstić information content (AvgIpc) is 3.23. The van der Waals surface area contributed by atoms with Crippen LogP contribution < -0.4 is 5.73 Å². The topological polar surface area (TPSA) is 140 Å². The Labute approximate surface area is 183 Å². The number of hydrogen-bond acceptors (Lipinski definition) is 9. The Hall–Kier alpha value is -2.71. The van der Waals surface area contributed by atoms with E-state index in [0.29, 0.717) is 4.90 Å². The van der Waals surface area contributed by atoms with E-state index in [9.17, 15) is 28.5 Å². The first-order valence-corrected chi connectivity index (χ1v) is 10.2. The highest BCUT2D eigenvalue weighted by Crippen LogP contribution is 2.38. The van der Waals surface area contributed by atoms with Gasteiger partial charge in [0, 0.05) is 16.7 Å². The van der Waals surface area contributed by atoms with Crippen molar-refractivity contribution in [1.82, 2.24) is 20.0 Å². The minimum atomic E-state index is -1.61. The van der Waals surface area contributed by atoms with E-state index in [1.807, 2.05) is 0 Å². The second kappa shape index (κ2) is 9.03. The lowest BCUT2D eigenvalue weighted by Crippen LogP contribution is -2.55. The van der Waals surface area contributed by atoms with Crippen molar-refractivity contribution >= 4 is 17.6 Å². The third-order valence-electron chi connectivity index (χ3n) is 4.95. The predicted octanol–water partition coefficient (Wildman–Crippen LogP) is 1.11. The monoisotopic (exact) mass is 469 g/mol. The summed E-state index contributed by atoms with van der Waals surface area (Å²) >= 11 is 1.10. The van der Waals surface area contributed by atoms with Gasteiger partial charge in [0.15, 0.2) is 17.5 Å². The smallest absolute Gasteiger partial charge is 0.194 e. The molecular formula is C19H18F3N5O4S. The Balaban J connectivity index is 1.64. The molecule has 0 amide bonds. The first kappa shape index (κ1) is 22.5. The molecule has 3 aromatic rings. The number of hydrogen-bond donors (Lipinski definition) is 4. The van der Waals surface area contributed by atoms with Gasteiger partial charge in [-0.25, -0.2) is 22.8 Å². The molecule has 2 unspecified atom stereocenters. The van der Waals surface area contributed by atoms with Gasteiger partial charge in [-0.1, -0.05) is 17.0 Å². The third kappa shape index (κ3) is 4.29. The Kier molecular flexibility index (Phi) is 6.35. The molecular weight excluding hydrogens is 451 g/mol. The van der Waals surface area contributed by atoms with Gasteiger partial charge < -0.3 is 25.8 Å². The molecule has 0 aliphatic carbocycles. The lowest BCUT2D eigenvalue weighted by molar-refractivity contribution is -0.178. The quantitative estimate of drug-likeness (QED) is 0.405. The number of pyridine rings is 1. The fourth-order valence-corrected chi connectivity index (χ4v) is 4.47. The molecule has 0 saturated carbocycles. The van der Waals surface area contributed by atoms with Crippen LogP contribution in [0.4, 0.5) is 19.0 Å². The zero-order chi connectivity index (χ0) is 23.0. The Bertz CT molecular complexity index is 1100. The number of aromatic nitrogens is 4. The van der Waals surface area contributed by atoms with Crippen LogP contribution in [0.3, 0.4) is 0 Å². The van der Waals surface area contributed by atoms with Gasteiger partial charge in [-0.05, 0) is 24.3 Å². The molecule has 4 rings (SSSR count). The van der Waals surface area contributed by atoms with Crippen LogP contribution in [-0.2, 0) is 4.74 Å². The number of aliphatic hydroxyl groups excluding tert-OH is 3. The van der Waals surface area contributed by atoms with Crippen molar-refractivity contribution in [1.29, 1.82) is 0 Å². The summed E-state index contributed by atoms with van der Waals surface area (Å²) in [4.78, 5) is 4.52. The summed E-state index contributed by atoms with van der Waals surface area (Å²) < 4.78 is 47.2. The molecule has 0 spiro atoms. The van der Waals surface area contributed by atoms with Crippen LogP contribution in [0.15, 0.2) is 41.6 Å². The molecule has 1 aliphatic heterocycles. The fourth-order valence-electron chi connectivity index (χ4n) is 3.37. The average molecular weight is 469 g/mol. The zero-order valence-corrected chi connectivity index (χ0v) is 17.0. The number of benzene rings is 1. The lowest BCUT2D eigenvalue weighted by Gasteiger charge is -2.41. The van der Waals surface area contributed by atoms with Crippen molar-refractivity contribution in [3.63, 3.8) is 0 Å². The Morgan fingerprint density at radius 1 is 1.12 bits per heavy atom. The molecule has 0 bridgehead atoms.